The number of aryl methyl sites for hydroxylation is 2. The summed E-state index contributed by atoms with van der Waals surface area (Å²) in [5.74, 6) is 2.24. The number of imidazole rings is 1. The molecule has 2 N–H and O–H groups in total. The number of hydrogen-bond acceptors (Lipinski definition) is 4. The summed E-state index contributed by atoms with van der Waals surface area (Å²) < 4.78 is 7.73. The first-order chi connectivity index (χ1) is 16.1. The van der Waals surface area contributed by atoms with Gasteiger partial charge < -0.3 is 19.6 Å². The van der Waals surface area contributed by atoms with Crippen LogP contribution in [0.3, 0.4) is 0 Å². The van der Waals surface area contributed by atoms with Crippen LogP contribution in [0.1, 0.15) is 35.4 Å². The monoisotopic (exact) mass is 442 g/mol. The van der Waals surface area contributed by atoms with Gasteiger partial charge in [0, 0.05) is 25.5 Å². The Morgan fingerprint density at radius 2 is 1.88 bits per heavy atom. The summed E-state index contributed by atoms with van der Waals surface area (Å²) >= 11 is 0. The van der Waals surface area contributed by atoms with Gasteiger partial charge in [0.15, 0.2) is 5.96 Å². The Hall–Kier alpha value is -3.87. The van der Waals surface area contributed by atoms with Crippen LogP contribution >= 0.6 is 0 Å². The molecule has 0 bridgehead atoms. The number of oxazole rings is 1. The van der Waals surface area contributed by atoms with Gasteiger partial charge in [-0.2, -0.15) is 0 Å². The second kappa shape index (κ2) is 10.6. The van der Waals surface area contributed by atoms with E-state index in [0.29, 0.717) is 19.0 Å². The molecule has 0 aliphatic carbocycles. The summed E-state index contributed by atoms with van der Waals surface area (Å²) in [4.78, 5) is 13.3. The third-order valence-corrected chi connectivity index (χ3v) is 5.44. The van der Waals surface area contributed by atoms with Crippen LogP contribution in [-0.4, -0.2) is 27.0 Å². The van der Waals surface area contributed by atoms with Crippen molar-refractivity contribution in [2.24, 2.45) is 4.99 Å². The standard InChI is InChI=1S/C26H30N6O/c1-4-28-26(30-16-25-31-19(2)20(3)33-25)29-15-23-7-5-6-8-24(23)22-11-9-21(10-12-22)17-32-14-13-27-18-32/h5-14,18H,4,15-17H2,1-3H3,(H2,28,29,30). The van der Waals surface area contributed by atoms with E-state index in [1.54, 1.807) is 6.20 Å². The highest BCUT2D eigenvalue weighted by Gasteiger charge is 2.08. The molecule has 170 valence electrons. The van der Waals surface area contributed by atoms with Crippen LogP contribution in [0.4, 0.5) is 0 Å². The maximum Gasteiger partial charge on any atom is 0.214 e. The molecule has 0 saturated heterocycles. The lowest BCUT2D eigenvalue weighted by atomic mass is 9.98. The van der Waals surface area contributed by atoms with E-state index in [1.807, 2.05) is 26.4 Å². The average molecular weight is 443 g/mol. The molecule has 7 nitrogen and oxygen atoms in total. The topological polar surface area (TPSA) is 80.3 Å². The van der Waals surface area contributed by atoms with E-state index in [4.69, 9.17) is 9.41 Å². The number of aromatic nitrogens is 3. The van der Waals surface area contributed by atoms with Crippen molar-refractivity contribution in [2.75, 3.05) is 6.54 Å². The molecule has 0 radical (unpaired) electrons. The zero-order valence-electron chi connectivity index (χ0n) is 19.4. The molecule has 4 rings (SSSR count). The Kier molecular flexibility index (Phi) is 7.19. The predicted octanol–water partition coefficient (Wildman–Crippen LogP) is 4.46. The van der Waals surface area contributed by atoms with Crippen LogP contribution in [0.25, 0.3) is 11.1 Å². The lowest BCUT2D eigenvalue weighted by Crippen LogP contribution is -2.36. The fraction of sp³-hybridized carbons (Fsp3) is 0.269. The fourth-order valence-electron chi connectivity index (χ4n) is 3.60. The lowest BCUT2D eigenvalue weighted by molar-refractivity contribution is 0.463. The fourth-order valence-corrected chi connectivity index (χ4v) is 3.60. The third kappa shape index (κ3) is 5.88. The van der Waals surface area contributed by atoms with Crippen LogP contribution < -0.4 is 10.6 Å². The van der Waals surface area contributed by atoms with Crippen LogP contribution in [-0.2, 0) is 19.6 Å². The van der Waals surface area contributed by atoms with Crippen LogP contribution in [0.2, 0.25) is 0 Å². The number of nitrogens with one attached hydrogen (secondary N) is 2. The highest BCUT2D eigenvalue weighted by molar-refractivity contribution is 5.80. The maximum atomic E-state index is 5.66. The van der Waals surface area contributed by atoms with Crippen LogP contribution in [0.15, 0.2) is 76.7 Å². The molecule has 4 aromatic rings. The summed E-state index contributed by atoms with van der Waals surface area (Å²) in [5.41, 5.74) is 5.69. The molecular weight excluding hydrogens is 412 g/mol. The molecule has 2 heterocycles. The van der Waals surface area contributed by atoms with Crippen LogP contribution in [0, 0.1) is 13.8 Å². The Labute approximate surface area is 194 Å². The van der Waals surface area contributed by atoms with E-state index in [9.17, 15) is 0 Å². The Morgan fingerprint density at radius 1 is 1.06 bits per heavy atom. The normalized spacial score (nSPS) is 11.5. The van der Waals surface area contributed by atoms with Gasteiger partial charge in [0.2, 0.25) is 5.89 Å². The Morgan fingerprint density at radius 3 is 2.58 bits per heavy atom. The van der Waals surface area contributed by atoms with Gasteiger partial charge in [-0.25, -0.2) is 15.0 Å². The molecule has 0 amide bonds. The number of rotatable bonds is 8. The first-order valence-electron chi connectivity index (χ1n) is 11.2. The summed E-state index contributed by atoms with van der Waals surface area (Å²) in [5, 5.41) is 6.60. The van der Waals surface area contributed by atoms with Crippen molar-refractivity contribution in [2.45, 2.75) is 40.4 Å². The summed E-state index contributed by atoms with van der Waals surface area (Å²) in [7, 11) is 0. The van der Waals surface area contributed by atoms with E-state index >= 15 is 0 Å². The minimum absolute atomic E-state index is 0.487. The largest absolute Gasteiger partial charge is 0.444 e. The molecule has 33 heavy (non-hydrogen) atoms. The first-order valence-corrected chi connectivity index (χ1v) is 11.2. The number of hydrogen-bond donors (Lipinski definition) is 2. The van der Waals surface area contributed by atoms with Crippen molar-refractivity contribution in [1.82, 2.24) is 25.2 Å². The Bertz CT molecular complexity index is 1170. The van der Waals surface area contributed by atoms with Gasteiger partial charge in [0.1, 0.15) is 5.76 Å². The van der Waals surface area contributed by atoms with Gasteiger partial charge in [-0.15, -0.1) is 0 Å². The average Bonchev–Trinajstić information content (AvgIpc) is 3.45. The SMILES string of the molecule is CCNC(=NCc1ccccc1-c1ccc(Cn2ccnc2)cc1)NCc1nc(C)c(C)o1. The van der Waals surface area contributed by atoms with E-state index in [0.717, 1.165) is 30.5 Å². The highest BCUT2D eigenvalue weighted by atomic mass is 16.4. The van der Waals surface area contributed by atoms with Gasteiger partial charge in [-0.1, -0.05) is 48.5 Å². The number of benzene rings is 2. The second-order valence-electron chi connectivity index (χ2n) is 7.89. The molecule has 0 spiro atoms. The third-order valence-electron chi connectivity index (χ3n) is 5.44. The van der Waals surface area contributed by atoms with Gasteiger partial charge in [0.05, 0.1) is 25.1 Å². The van der Waals surface area contributed by atoms with E-state index in [2.05, 4.69) is 80.6 Å². The van der Waals surface area contributed by atoms with Crippen LogP contribution in [0.5, 0.6) is 0 Å². The molecule has 0 atom stereocenters. The molecule has 0 aliphatic rings. The van der Waals surface area contributed by atoms with Gasteiger partial charge in [-0.3, -0.25) is 0 Å². The molecule has 0 unspecified atom stereocenters. The zero-order valence-corrected chi connectivity index (χ0v) is 19.4. The number of aliphatic imine (C=N–C) groups is 1. The quantitative estimate of drug-likeness (QED) is 0.311. The lowest BCUT2D eigenvalue weighted by Gasteiger charge is -2.12. The Balaban J connectivity index is 1.46. The van der Waals surface area contributed by atoms with Gasteiger partial charge in [0.25, 0.3) is 0 Å². The van der Waals surface area contributed by atoms with E-state index in [-0.39, 0.29) is 0 Å². The van der Waals surface area contributed by atoms with Crippen molar-refractivity contribution in [3.05, 3.63) is 95.7 Å². The minimum atomic E-state index is 0.487. The van der Waals surface area contributed by atoms with Crippen molar-refractivity contribution in [1.29, 1.82) is 0 Å². The summed E-state index contributed by atoms with van der Waals surface area (Å²) in [6.45, 7) is 8.56. The molecule has 0 saturated carbocycles. The van der Waals surface area contributed by atoms with Crippen molar-refractivity contribution < 1.29 is 4.42 Å². The first kappa shape index (κ1) is 22.3. The zero-order chi connectivity index (χ0) is 23.0. The smallest absolute Gasteiger partial charge is 0.214 e. The summed E-state index contributed by atoms with van der Waals surface area (Å²) in [6, 6.07) is 17.1. The van der Waals surface area contributed by atoms with Crippen molar-refractivity contribution in [3.63, 3.8) is 0 Å². The number of nitrogens with zero attached hydrogens (tertiary/aromatic N) is 4. The van der Waals surface area contributed by atoms with E-state index < -0.39 is 0 Å². The maximum absolute atomic E-state index is 5.66. The second-order valence-corrected chi connectivity index (χ2v) is 7.89. The molecule has 7 heteroatoms. The summed E-state index contributed by atoms with van der Waals surface area (Å²) in [6.07, 6.45) is 5.61. The highest BCUT2D eigenvalue weighted by Crippen LogP contribution is 2.25. The molecular formula is C26H30N6O. The minimum Gasteiger partial charge on any atom is -0.444 e. The van der Waals surface area contributed by atoms with Crippen molar-refractivity contribution in [3.8, 4) is 11.1 Å². The molecule has 2 aromatic carbocycles. The molecule has 2 aromatic heterocycles. The predicted molar refractivity (Wildman–Crippen MR) is 131 cm³/mol. The van der Waals surface area contributed by atoms with E-state index in [1.165, 1.54) is 22.3 Å². The number of guanidine groups is 1. The van der Waals surface area contributed by atoms with Gasteiger partial charge >= 0.3 is 0 Å². The van der Waals surface area contributed by atoms with Gasteiger partial charge in [-0.05, 0) is 43.0 Å². The molecule has 0 aliphatic heterocycles. The van der Waals surface area contributed by atoms with Crippen molar-refractivity contribution >= 4 is 5.96 Å². The molecule has 0 fully saturated rings.